The lowest BCUT2D eigenvalue weighted by Crippen LogP contribution is -2.40. The second kappa shape index (κ2) is 6.46. The molecule has 0 aliphatic carbocycles. The van der Waals surface area contributed by atoms with E-state index < -0.39 is 12.6 Å². The van der Waals surface area contributed by atoms with Crippen LogP contribution in [-0.2, 0) is 4.74 Å². The van der Waals surface area contributed by atoms with E-state index >= 15 is 0 Å². The van der Waals surface area contributed by atoms with Gasteiger partial charge in [0.05, 0.1) is 5.56 Å². The zero-order valence-electron chi connectivity index (χ0n) is 10.5. The van der Waals surface area contributed by atoms with Crippen LogP contribution in [0.3, 0.4) is 0 Å². The molecular weight excluding hydrogens is 263 g/mol. The number of anilines is 1. The monoisotopic (exact) mass is 277 g/mol. The summed E-state index contributed by atoms with van der Waals surface area (Å²) >= 11 is 0. The van der Waals surface area contributed by atoms with Gasteiger partial charge in [0.2, 0.25) is 5.95 Å². The van der Waals surface area contributed by atoms with Crippen molar-refractivity contribution in [3.8, 4) is 0 Å². The average Bonchev–Trinajstić information content (AvgIpc) is 2.34. The Morgan fingerprint density at radius 2 is 2.00 bits per heavy atom. The van der Waals surface area contributed by atoms with E-state index in [4.69, 9.17) is 0 Å². The molecule has 1 aromatic heterocycles. The van der Waals surface area contributed by atoms with Gasteiger partial charge in [-0.05, 0) is 13.3 Å². The molecule has 1 atom stereocenters. The predicted octanol–water partition coefficient (Wildman–Crippen LogP) is 2.39. The Bertz CT molecular complexity index is 409. The Kier molecular flexibility index (Phi) is 5.22. The molecule has 0 aliphatic heterocycles. The zero-order valence-corrected chi connectivity index (χ0v) is 10.5. The number of alkyl halides is 3. The minimum Gasteiger partial charge on any atom is -0.315 e. The summed E-state index contributed by atoms with van der Waals surface area (Å²) in [6, 6.07) is 0. The number of nitrogens with zero attached hydrogens (tertiary/aromatic N) is 3. The molecule has 8 heteroatoms. The van der Waals surface area contributed by atoms with Gasteiger partial charge in [-0.2, -0.15) is 0 Å². The largest absolute Gasteiger partial charge is 0.524 e. The van der Waals surface area contributed by atoms with Crippen LogP contribution in [0.5, 0.6) is 0 Å². The number of aldehydes is 1. The molecule has 1 rings (SSSR count). The van der Waals surface area contributed by atoms with E-state index in [2.05, 4.69) is 14.7 Å². The topological polar surface area (TPSA) is 55.3 Å². The van der Waals surface area contributed by atoms with Gasteiger partial charge in [0, 0.05) is 18.9 Å². The molecule has 0 N–H and O–H groups in total. The Labute approximate surface area is 108 Å². The van der Waals surface area contributed by atoms with Crippen molar-refractivity contribution in [1.82, 2.24) is 9.97 Å². The molecule has 1 unspecified atom stereocenters. The van der Waals surface area contributed by atoms with E-state index in [1.165, 1.54) is 24.2 Å². The van der Waals surface area contributed by atoms with Crippen molar-refractivity contribution in [2.45, 2.75) is 32.9 Å². The van der Waals surface area contributed by atoms with Crippen molar-refractivity contribution < 1.29 is 22.7 Å². The highest BCUT2D eigenvalue weighted by molar-refractivity contribution is 5.73. The quantitative estimate of drug-likeness (QED) is 0.590. The molecule has 0 aromatic carbocycles. The fraction of sp³-hybridized carbons (Fsp3) is 0.545. The maximum Gasteiger partial charge on any atom is 0.524 e. The van der Waals surface area contributed by atoms with Gasteiger partial charge < -0.3 is 4.90 Å². The summed E-state index contributed by atoms with van der Waals surface area (Å²) in [6.45, 7) is 3.38. The first-order valence-electron chi connectivity index (χ1n) is 5.65. The van der Waals surface area contributed by atoms with Gasteiger partial charge >= 0.3 is 6.36 Å². The molecule has 19 heavy (non-hydrogen) atoms. The number of aromatic nitrogens is 2. The van der Waals surface area contributed by atoms with E-state index in [0.29, 0.717) is 19.3 Å². The smallest absolute Gasteiger partial charge is 0.315 e. The van der Waals surface area contributed by atoms with Crippen molar-refractivity contribution in [2.24, 2.45) is 0 Å². The zero-order chi connectivity index (χ0) is 14.5. The van der Waals surface area contributed by atoms with Crippen molar-refractivity contribution >= 4 is 12.2 Å². The fourth-order valence-electron chi connectivity index (χ4n) is 1.48. The van der Waals surface area contributed by atoms with Crippen LogP contribution in [0.25, 0.3) is 0 Å². The first kappa shape index (κ1) is 15.4. The first-order valence-corrected chi connectivity index (χ1v) is 5.65. The van der Waals surface area contributed by atoms with Gasteiger partial charge in [-0.15, -0.1) is 13.2 Å². The van der Waals surface area contributed by atoms with Crippen LogP contribution in [0.2, 0.25) is 0 Å². The number of carbonyl (C=O) groups excluding carboxylic acids is 1. The summed E-state index contributed by atoms with van der Waals surface area (Å²) in [4.78, 5) is 19.5. The van der Waals surface area contributed by atoms with Gasteiger partial charge in [0.1, 0.15) is 6.23 Å². The number of hydrogen-bond acceptors (Lipinski definition) is 5. The second-order valence-electron chi connectivity index (χ2n) is 3.79. The lowest BCUT2D eigenvalue weighted by molar-refractivity contribution is -0.340. The molecule has 0 saturated heterocycles. The molecule has 0 bridgehead atoms. The van der Waals surface area contributed by atoms with Crippen LogP contribution in [-0.4, -0.2) is 35.4 Å². The second-order valence-corrected chi connectivity index (χ2v) is 3.79. The molecule has 0 aliphatic rings. The maximum absolute atomic E-state index is 12.2. The maximum atomic E-state index is 12.2. The molecule has 1 aromatic rings. The molecule has 0 fully saturated rings. The highest BCUT2D eigenvalue weighted by Crippen LogP contribution is 2.22. The standard InChI is InChI=1S/C11H14F3N3O2/c1-3-4-17(8(2)19-11(12,13)14)10-15-5-9(7-18)6-16-10/h5-8H,3-4H2,1-2H3. The lowest BCUT2D eigenvalue weighted by Gasteiger charge is -2.29. The summed E-state index contributed by atoms with van der Waals surface area (Å²) in [5, 5.41) is 0. The van der Waals surface area contributed by atoms with Crippen LogP contribution in [0, 0.1) is 0 Å². The Balaban J connectivity index is 2.88. The van der Waals surface area contributed by atoms with Crippen LogP contribution in [0.1, 0.15) is 30.6 Å². The van der Waals surface area contributed by atoms with Crippen LogP contribution in [0.15, 0.2) is 12.4 Å². The molecule has 0 spiro atoms. The number of rotatable bonds is 6. The summed E-state index contributed by atoms with van der Waals surface area (Å²) < 4.78 is 40.6. The SMILES string of the molecule is CCCN(c1ncc(C=O)cn1)C(C)OC(F)(F)F. The number of hydrogen-bond donors (Lipinski definition) is 0. The summed E-state index contributed by atoms with van der Waals surface area (Å²) in [7, 11) is 0. The molecular formula is C11H14F3N3O2. The Hall–Kier alpha value is -1.70. The van der Waals surface area contributed by atoms with Crippen molar-refractivity contribution in [3.63, 3.8) is 0 Å². The van der Waals surface area contributed by atoms with Gasteiger partial charge in [-0.1, -0.05) is 6.92 Å². The van der Waals surface area contributed by atoms with Gasteiger partial charge in [0.15, 0.2) is 6.29 Å². The van der Waals surface area contributed by atoms with E-state index in [-0.39, 0.29) is 11.5 Å². The first-order chi connectivity index (χ1) is 8.87. The number of halogens is 3. The minimum absolute atomic E-state index is 0.0872. The molecule has 0 amide bonds. The van der Waals surface area contributed by atoms with Crippen molar-refractivity contribution in [2.75, 3.05) is 11.4 Å². The van der Waals surface area contributed by atoms with Gasteiger partial charge in [0.25, 0.3) is 0 Å². The van der Waals surface area contributed by atoms with Crippen LogP contribution in [0.4, 0.5) is 19.1 Å². The highest BCUT2D eigenvalue weighted by Gasteiger charge is 2.34. The third-order valence-electron chi connectivity index (χ3n) is 2.26. The van der Waals surface area contributed by atoms with Gasteiger partial charge in [-0.3, -0.25) is 9.53 Å². The van der Waals surface area contributed by atoms with Crippen molar-refractivity contribution in [1.29, 1.82) is 0 Å². The lowest BCUT2D eigenvalue weighted by atomic mass is 10.4. The summed E-state index contributed by atoms with van der Waals surface area (Å²) in [5.74, 6) is 0.0872. The van der Waals surface area contributed by atoms with E-state index in [1.54, 1.807) is 0 Å². The molecule has 5 nitrogen and oxygen atoms in total. The fourth-order valence-corrected chi connectivity index (χ4v) is 1.48. The normalized spacial score (nSPS) is 13.1. The molecule has 0 saturated carbocycles. The Morgan fingerprint density at radius 1 is 1.42 bits per heavy atom. The summed E-state index contributed by atoms with van der Waals surface area (Å²) in [6.07, 6.45) is -2.32. The number of carbonyl (C=O) groups is 1. The number of ether oxygens (including phenoxy) is 1. The third kappa shape index (κ3) is 4.82. The molecule has 1 heterocycles. The third-order valence-corrected chi connectivity index (χ3v) is 2.26. The highest BCUT2D eigenvalue weighted by atomic mass is 19.4. The van der Waals surface area contributed by atoms with Crippen molar-refractivity contribution in [3.05, 3.63) is 18.0 Å². The Morgan fingerprint density at radius 3 is 2.42 bits per heavy atom. The average molecular weight is 277 g/mol. The molecule has 0 radical (unpaired) electrons. The van der Waals surface area contributed by atoms with E-state index in [9.17, 15) is 18.0 Å². The van der Waals surface area contributed by atoms with E-state index in [1.807, 2.05) is 6.92 Å². The molecule has 106 valence electrons. The van der Waals surface area contributed by atoms with Gasteiger partial charge in [-0.25, -0.2) is 9.97 Å². The summed E-state index contributed by atoms with van der Waals surface area (Å²) in [5.41, 5.74) is 0.254. The van der Waals surface area contributed by atoms with Crippen LogP contribution >= 0.6 is 0 Å². The van der Waals surface area contributed by atoms with E-state index in [0.717, 1.165) is 0 Å². The van der Waals surface area contributed by atoms with Crippen LogP contribution < -0.4 is 4.90 Å². The predicted molar refractivity (Wildman–Crippen MR) is 61.7 cm³/mol. The minimum atomic E-state index is -4.73.